The van der Waals surface area contributed by atoms with E-state index in [9.17, 15) is 4.79 Å². The lowest BCUT2D eigenvalue weighted by molar-refractivity contribution is -0.131. The van der Waals surface area contributed by atoms with Crippen LogP contribution in [0.5, 0.6) is 5.75 Å². The topological polar surface area (TPSA) is 66.0 Å². The zero-order chi connectivity index (χ0) is 20.5. The third-order valence-corrected chi connectivity index (χ3v) is 6.00. The molecule has 1 aromatic heterocycles. The molecule has 30 heavy (non-hydrogen) atoms. The van der Waals surface area contributed by atoms with E-state index in [0.29, 0.717) is 13.0 Å². The average molecular weight is 542 g/mol. The number of guanidine groups is 1. The lowest BCUT2D eigenvalue weighted by Crippen LogP contribution is -2.39. The van der Waals surface area contributed by atoms with Crippen LogP contribution in [0.4, 0.5) is 0 Å². The second-order valence-corrected chi connectivity index (χ2v) is 7.93. The number of fused-ring (bicyclic) bond motifs is 1. The number of hydrogen-bond donors (Lipinski definition) is 2. The van der Waals surface area contributed by atoms with Gasteiger partial charge in [0.1, 0.15) is 5.75 Å². The second-order valence-electron chi connectivity index (χ2n) is 6.93. The van der Waals surface area contributed by atoms with E-state index < -0.39 is 0 Å². The van der Waals surface area contributed by atoms with Crippen molar-refractivity contribution >= 4 is 47.2 Å². The van der Waals surface area contributed by atoms with E-state index >= 15 is 0 Å². The maximum atomic E-state index is 12.5. The minimum Gasteiger partial charge on any atom is -0.496 e. The standard InChI is InChI=1S/C22H30N4O2S.HI/c1-3-23-22(24-12-8-17-6-4-5-7-19(17)28-2)25-13-9-21(27)26-14-10-20-18(16-26)11-15-29-20;/h4-7,11,15H,3,8-10,12-14,16H2,1-2H3,(H2,23,24,25);1H. The molecule has 3 rings (SSSR count). The Balaban J connectivity index is 0.00000320. The van der Waals surface area contributed by atoms with Crippen molar-refractivity contribution in [3.63, 3.8) is 0 Å². The monoisotopic (exact) mass is 542 g/mol. The Morgan fingerprint density at radius 3 is 2.90 bits per heavy atom. The Labute approximate surface area is 200 Å². The van der Waals surface area contributed by atoms with Crippen LogP contribution in [0.2, 0.25) is 0 Å². The fraction of sp³-hybridized carbons (Fsp3) is 0.455. The molecule has 1 aliphatic rings. The third-order valence-electron chi connectivity index (χ3n) is 4.98. The number of carbonyl (C=O) groups is 1. The summed E-state index contributed by atoms with van der Waals surface area (Å²) in [6.45, 7) is 5.59. The van der Waals surface area contributed by atoms with Gasteiger partial charge in [-0.1, -0.05) is 18.2 Å². The highest BCUT2D eigenvalue weighted by molar-refractivity contribution is 14.0. The molecular weight excluding hydrogens is 511 g/mol. The smallest absolute Gasteiger partial charge is 0.224 e. The van der Waals surface area contributed by atoms with E-state index in [-0.39, 0.29) is 29.9 Å². The summed E-state index contributed by atoms with van der Waals surface area (Å²) >= 11 is 1.79. The average Bonchev–Trinajstić information content (AvgIpc) is 3.22. The van der Waals surface area contributed by atoms with Crippen molar-refractivity contribution in [1.29, 1.82) is 0 Å². The van der Waals surface area contributed by atoms with Crippen LogP contribution in [0.25, 0.3) is 0 Å². The van der Waals surface area contributed by atoms with Gasteiger partial charge in [-0.3, -0.25) is 9.79 Å². The number of nitrogens with one attached hydrogen (secondary N) is 2. The van der Waals surface area contributed by atoms with Crippen molar-refractivity contribution in [2.45, 2.75) is 32.7 Å². The molecule has 0 bridgehead atoms. The molecule has 0 radical (unpaired) electrons. The van der Waals surface area contributed by atoms with Crippen molar-refractivity contribution in [2.24, 2.45) is 4.99 Å². The molecule has 0 saturated carbocycles. The number of methoxy groups -OCH3 is 1. The molecule has 0 saturated heterocycles. The van der Waals surface area contributed by atoms with Crippen LogP contribution < -0.4 is 15.4 Å². The maximum absolute atomic E-state index is 12.5. The Bertz CT molecular complexity index is 840. The van der Waals surface area contributed by atoms with E-state index in [1.165, 1.54) is 10.4 Å². The van der Waals surface area contributed by atoms with Crippen LogP contribution >= 0.6 is 35.3 Å². The minimum absolute atomic E-state index is 0. The first-order valence-electron chi connectivity index (χ1n) is 10.2. The molecule has 2 aromatic rings. The van der Waals surface area contributed by atoms with Gasteiger partial charge in [-0.2, -0.15) is 0 Å². The Hall–Kier alpha value is -1.81. The van der Waals surface area contributed by atoms with Gasteiger partial charge in [-0.05, 0) is 48.4 Å². The zero-order valence-electron chi connectivity index (χ0n) is 17.6. The SMILES string of the molecule is CCNC(=NCCC(=O)N1CCc2sccc2C1)NCCc1ccccc1OC.I. The summed E-state index contributed by atoms with van der Waals surface area (Å²) < 4.78 is 5.40. The summed E-state index contributed by atoms with van der Waals surface area (Å²) in [6, 6.07) is 10.2. The van der Waals surface area contributed by atoms with Gasteiger partial charge in [0.15, 0.2) is 5.96 Å². The first kappa shape index (κ1) is 24.5. The molecule has 2 heterocycles. The van der Waals surface area contributed by atoms with Crippen LogP contribution in [0.3, 0.4) is 0 Å². The first-order valence-corrected chi connectivity index (χ1v) is 11.1. The van der Waals surface area contributed by atoms with E-state index in [2.05, 4.69) is 33.1 Å². The van der Waals surface area contributed by atoms with Gasteiger partial charge in [-0.25, -0.2) is 0 Å². The van der Waals surface area contributed by atoms with E-state index in [4.69, 9.17) is 4.74 Å². The lowest BCUT2D eigenvalue weighted by Gasteiger charge is -2.26. The number of thiophene rings is 1. The summed E-state index contributed by atoms with van der Waals surface area (Å²) in [5.41, 5.74) is 2.45. The fourth-order valence-corrected chi connectivity index (χ4v) is 4.34. The largest absolute Gasteiger partial charge is 0.496 e. The first-order chi connectivity index (χ1) is 14.2. The van der Waals surface area contributed by atoms with Gasteiger partial charge in [0.25, 0.3) is 0 Å². The highest BCUT2D eigenvalue weighted by atomic mass is 127. The Kier molecular flexibility index (Phi) is 10.4. The van der Waals surface area contributed by atoms with Crippen LogP contribution in [0.1, 0.15) is 29.3 Å². The van der Waals surface area contributed by atoms with Gasteiger partial charge in [0.05, 0.1) is 13.7 Å². The summed E-state index contributed by atoms with van der Waals surface area (Å²) in [5, 5.41) is 8.70. The number of carbonyl (C=O) groups excluding carboxylic acids is 1. The molecule has 1 aliphatic heterocycles. The van der Waals surface area contributed by atoms with Crippen molar-refractivity contribution in [3.8, 4) is 5.75 Å². The van der Waals surface area contributed by atoms with E-state index in [1.807, 2.05) is 30.0 Å². The molecule has 1 amide bonds. The van der Waals surface area contributed by atoms with Gasteiger partial charge < -0.3 is 20.3 Å². The number of benzene rings is 1. The number of para-hydroxylation sites is 1. The summed E-state index contributed by atoms with van der Waals surface area (Å²) in [6.07, 6.45) is 2.24. The summed E-state index contributed by atoms with van der Waals surface area (Å²) in [5.74, 6) is 1.82. The number of halogens is 1. The molecule has 0 atom stereocenters. The zero-order valence-corrected chi connectivity index (χ0v) is 20.8. The van der Waals surface area contributed by atoms with Crippen molar-refractivity contribution < 1.29 is 9.53 Å². The van der Waals surface area contributed by atoms with E-state index in [1.54, 1.807) is 18.4 Å². The Morgan fingerprint density at radius 1 is 1.27 bits per heavy atom. The van der Waals surface area contributed by atoms with Gasteiger partial charge >= 0.3 is 0 Å². The summed E-state index contributed by atoms with van der Waals surface area (Å²) in [7, 11) is 1.69. The number of amides is 1. The number of hydrogen-bond acceptors (Lipinski definition) is 4. The molecule has 8 heteroatoms. The lowest BCUT2D eigenvalue weighted by atomic mass is 10.1. The quantitative estimate of drug-likeness (QED) is 0.305. The fourth-order valence-electron chi connectivity index (χ4n) is 3.45. The molecule has 0 fully saturated rings. The Morgan fingerprint density at radius 2 is 2.10 bits per heavy atom. The number of rotatable bonds is 8. The van der Waals surface area contributed by atoms with Gasteiger partial charge in [-0.15, -0.1) is 35.3 Å². The highest BCUT2D eigenvalue weighted by Gasteiger charge is 2.20. The normalized spacial score (nSPS) is 13.3. The molecule has 2 N–H and O–H groups in total. The predicted octanol–water partition coefficient (Wildman–Crippen LogP) is 3.45. The third kappa shape index (κ3) is 6.87. The molecule has 6 nitrogen and oxygen atoms in total. The molecule has 0 aliphatic carbocycles. The molecule has 0 unspecified atom stereocenters. The van der Waals surface area contributed by atoms with Crippen LogP contribution in [-0.2, 0) is 24.2 Å². The summed E-state index contributed by atoms with van der Waals surface area (Å²) in [4.78, 5) is 20.5. The highest BCUT2D eigenvalue weighted by Crippen LogP contribution is 2.24. The predicted molar refractivity (Wildman–Crippen MR) is 134 cm³/mol. The minimum atomic E-state index is 0. The van der Waals surface area contributed by atoms with Crippen molar-refractivity contribution in [2.75, 3.05) is 33.3 Å². The molecule has 164 valence electrons. The van der Waals surface area contributed by atoms with E-state index in [0.717, 1.165) is 56.3 Å². The van der Waals surface area contributed by atoms with Gasteiger partial charge in [0, 0.05) is 37.5 Å². The van der Waals surface area contributed by atoms with Crippen LogP contribution in [0, 0.1) is 0 Å². The molecular formula is C22H31IN4O2S. The molecule has 0 spiro atoms. The number of nitrogens with zero attached hydrogens (tertiary/aromatic N) is 2. The van der Waals surface area contributed by atoms with Crippen LogP contribution in [0.15, 0.2) is 40.7 Å². The van der Waals surface area contributed by atoms with Crippen molar-refractivity contribution in [1.82, 2.24) is 15.5 Å². The van der Waals surface area contributed by atoms with Crippen LogP contribution in [-0.4, -0.2) is 50.1 Å². The number of aliphatic imine (C=N–C) groups is 1. The molecule has 1 aromatic carbocycles. The maximum Gasteiger partial charge on any atom is 0.224 e. The van der Waals surface area contributed by atoms with Crippen molar-refractivity contribution in [3.05, 3.63) is 51.7 Å². The van der Waals surface area contributed by atoms with Gasteiger partial charge in [0.2, 0.25) is 5.91 Å². The number of ether oxygens (including phenoxy) is 1. The second kappa shape index (κ2) is 12.8.